The smallest absolute Gasteiger partial charge is 0.0590 e. The second-order valence-electron chi connectivity index (χ2n) is 4.17. The van der Waals surface area contributed by atoms with Crippen LogP contribution in [0, 0.1) is 5.92 Å². The van der Waals surface area contributed by atoms with Crippen molar-refractivity contribution in [1.82, 2.24) is 5.32 Å². The van der Waals surface area contributed by atoms with Gasteiger partial charge in [-0.05, 0) is 31.4 Å². The summed E-state index contributed by atoms with van der Waals surface area (Å²) < 4.78 is 5.25. The van der Waals surface area contributed by atoms with Gasteiger partial charge in [0.2, 0.25) is 0 Å². The zero-order valence-electron chi connectivity index (χ0n) is 9.96. The molecule has 1 fully saturated rings. The Kier molecular flexibility index (Phi) is 8.44. The molecule has 0 radical (unpaired) electrons. The van der Waals surface area contributed by atoms with Crippen molar-refractivity contribution in [3.63, 3.8) is 0 Å². The largest absolute Gasteiger partial charge is 0.380 e. The van der Waals surface area contributed by atoms with Gasteiger partial charge in [0.25, 0.3) is 0 Å². The molecule has 3 heteroatoms. The van der Waals surface area contributed by atoms with E-state index in [1.807, 2.05) is 6.92 Å². The van der Waals surface area contributed by atoms with Gasteiger partial charge in [-0.15, -0.1) is 0 Å². The van der Waals surface area contributed by atoms with E-state index in [1.165, 1.54) is 37.2 Å². The van der Waals surface area contributed by atoms with Crippen LogP contribution in [0.25, 0.3) is 0 Å². The molecule has 0 aliphatic heterocycles. The Morgan fingerprint density at radius 3 is 2.80 bits per heavy atom. The number of thioether (sulfide) groups is 1. The number of hydrogen-bond acceptors (Lipinski definition) is 3. The molecule has 1 saturated carbocycles. The lowest BCUT2D eigenvalue weighted by Crippen LogP contribution is -2.22. The van der Waals surface area contributed by atoms with Gasteiger partial charge in [0.1, 0.15) is 0 Å². The summed E-state index contributed by atoms with van der Waals surface area (Å²) in [5, 5.41) is 3.40. The van der Waals surface area contributed by atoms with Gasteiger partial charge >= 0.3 is 0 Å². The molecule has 0 aromatic carbocycles. The maximum Gasteiger partial charge on any atom is 0.0590 e. The van der Waals surface area contributed by atoms with Crippen LogP contribution in [0.1, 0.15) is 32.6 Å². The molecular formula is C12H25NOS. The summed E-state index contributed by atoms with van der Waals surface area (Å²) in [4.78, 5) is 0. The van der Waals surface area contributed by atoms with Crippen molar-refractivity contribution >= 4 is 11.8 Å². The van der Waals surface area contributed by atoms with Crippen molar-refractivity contribution in [3.05, 3.63) is 0 Å². The highest BCUT2D eigenvalue weighted by atomic mass is 32.2. The van der Waals surface area contributed by atoms with Crippen molar-refractivity contribution in [2.24, 2.45) is 5.92 Å². The van der Waals surface area contributed by atoms with Crippen LogP contribution in [0.4, 0.5) is 0 Å². The Hall–Kier alpha value is 0.270. The summed E-state index contributed by atoms with van der Waals surface area (Å²) in [5.74, 6) is 3.66. The molecule has 1 aliphatic rings. The molecule has 1 N–H and O–H groups in total. The van der Waals surface area contributed by atoms with Crippen LogP contribution in [-0.2, 0) is 4.74 Å². The molecule has 0 heterocycles. The van der Waals surface area contributed by atoms with E-state index in [1.54, 1.807) is 0 Å². The molecular weight excluding hydrogens is 206 g/mol. The fraction of sp³-hybridized carbons (Fsp3) is 1.00. The van der Waals surface area contributed by atoms with Crippen LogP contribution < -0.4 is 5.32 Å². The Bertz CT molecular complexity index is 138. The lowest BCUT2D eigenvalue weighted by atomic mass is 10.1. The third kappa shape index (κ3) is 7.20. The molecule has 0 spiro atoms. The number of ether oxygens (including phenoxy) is 1. The summed E-state index contributed by atoms with van der Waals surface area (Å²) in [6.07, 6.45) is 5.89. The maximum absolute atomic E-state index is 5.25. The van der Waals surface area contributed by atoms with E-state index < -0.39 is 0 Å². The van der Waals surface area contributed by atoms with Crippen molar-refractivity contribution in [3.8, 4) is 0 Å². The summed E-state index contributed by atoms with van der Waals surface area (Å²) in [7, 11) is 0. The lowest BCUT2D eigenvalue weighted by molar-refractivity contribution is 0.150. The van der Waals surface area contributed by atoms with Crippen molar-refractivity contribution in [2.75, 3.05) is 37.8 Å². The summed E-state index contributed by atoms with van der Waals surface area (Å²) >= 11 is 2.11. The van der Waals surface area contributed by atoms with Crippen molar-refractivity contribution in [1.29, 1.82) is 0 Å². The van der Waals surface area contributed by atoms with E-state index in [9.17, 15) is 0 Å². The lowest BCUT2D eigenvalue weighted by Gasteiger charge is -2.08. The summed E-state index contributed by atoms with van der Waals surface area (Å²) in [5.41, 5.74) is 0. The molecule has 0 amide bonds. The molecule has 1 aliphatic carbocycles. The Balaban J connectivity index is 1.73. The average Bonchev–Trinajstić information content (AvgIpc) is 2.75. The number of rotatable bonds is 9. The fourth-order valence-corrected chi connectivity index (χ4v) is 3.11. The van der Waals surface area contributed by atoms with Gasteiger partial charge in [-0.1, -0.05) is 12.8 Å². The number of hydrogen-bond donors (Lipinski definition) is 1. The number of nitrogens with one attached hydrogen (secondary N) is 1. The van der Waals surface area contributed by atoms with E-state index in [2.05, 4.69) is 17.1 Å². The Labute approximate surface area is 98.5 Å². The Morgan fingerprint density at radius 2 is 2.07 bits per heavy atom. The van der Waals surface area contributed by atoms with Crippen molar-refractivity contribution < 1.29 is 4.74 Å². The minimum atomic E-state index is 0.831. The molecule has 0 aromatic rings. The van der Waals surface area contributed by atoms with E-state index >= 15 is 0 Å². The molecule has 1 rings (SSSR count). The van der Waals surface area contributed by atoms with Gasteiger partial charge in [-0.2, -0.15) is 11.8 Å². The standard InChI is InChI=1S/C12H25NOS/c1-2-14-9-7-13-8-10-15-11-12-5-3-4-6-12/h12-13H,2-11H2,1H3. The highest BCUT2D eigenvalue weighted by Crippen LogP contribution is 2.27. The highest BCUT2D eigenvalue weighted by molar-refractivity contribution is 7.99. The fourth-order valence-electron chi connectivity index (χ4n) is 1.99. The first-order valence-corrected chi connectivity index (χ1v) is 7.45. The minimum Gasteiger partial charge on any atom is -0.380 e. The van der Waals surface area contributed by atoms with Crippen LogP contribution in [0.15, 0.2) is 0 Å². The third-order valence-electron chi connectivity index (χ3n) is 2.88. The van der Waals surface area contributed by atoms with Crippen LogP contribution in [0.3, 0.4) is 0 Å². The van der Waals surface area contributed by atoms with Gasteiger partial charge in [-0.3, -0.25) is 0 Å². The predicted molar refractivity (Wildman–Crippen MR) is 68.6 cm³/mol. The van der Waals surface area contributed by atoms with Crippen LogP contribution in [0.2, 0.25) is 0 Å². The van der Waals surface area contributed by atoms with E-state index in [-0.39, 0.29) is 0 Å². The van der Waals surface area contributed by atoms with Gasteiger partial charge in [0.15, 0.2) is 0 Å². The monoisotopic (exact) mass is 231 g/mol. The van der Waals surface area contributed by atoms with Crippen LogP contribution in [0.5, 0.6) is 0 Å². The van der Waals surface area contributed by atoms with E-state index in [0.29, 0.717) is 0 Å². The van der Waals surface area contributed by atoms with E-state index in [4.69, 9.17) is 4.74 Å². The second-order valence-corrected chi connectivity index (χ2v) is 5.32. The maximum atomic E-state index is 5.25. The average molecular weight is 231 g/mol. The SMILES string of the molecule is CCOCCNCCSCC1CCCC1. The van der Waals surface area contributed by atoms with Crippen LogP contribution in [-0.4, -0.2) is 37.8 Å². The first kappa shape index (κ1) is 13.3. The Morgan fingerprint density at radius 1 is 1.27 bits per heavy atom. The van der Waals surface area contributed by atoms with Gasteiger partial charge in [0, 0.05) is 25.4 Å². The normalized spacial score (nSPS) is 17.4. The molecule has 90 valence electrons. The first-order chi connectivity index (χ1) is 7.43. The highest BCUT2D eigenvalue weighted by Gasteiger charge is 2.13. The topological polar surface area (TPSA) is 21.3 Å². The van der Waals surface area contributed by atoms with Crippen LogP contribution >= 0.6 is 11.8 Å². The first-order valence-electron chi connectivity index (χ1n) is 6.29. The molecule has 15 heavy (non-hydrogen) atoms. The minimum absolute atomic E-state index is 0.831. The van der Waals surface area contributed by atoms with Gasteiger partial charge < -0.3 is 10.1 Å². The molecule has 0 aromatic heterocycles. The third-order valence-corrected chi connectivity index (χ3v) is 4.08. The van der Waals surface area contributed by atoms with Gasteiger partial charge in [-0.25, -0.2) is 0 Å². The second kappa shape index (κ2) is 9.49. The summed E-state index contributed by atoms with van der Waals surface area (Å²) in [6, 6.07) is 0. The van der Waals surface area contributed by atoms with Gasteiger partial charge in [0.05, 0.1) is 6.61 Å². The molecule has 0 bridgehead atoms. The zero-order chi connectivity index (χ0) is 10.8. The predicted octanol–water partition coefficient (Wildman–Crippen LogP) is 2.54. The van der Waals surface area contributed by atoms with Crippen molar-refractivity contribution in [2.45, 2.75) is 32.6 Å². The zero-order valence-corrected chi connectivity index (χ0v) is 10.8. The molecule has 0 atom stereocenters. The quantitative estimate of drug-likeness (QED) is 0.616. The summed E-state index contributed by atoms with van der Waals surface area (Å²) in [6.45, 7) is 5.85. The molecule has 2 nitrogen and oxygen atoms in total. The molecule has 0 saturated heterocycles. The molecule has 0 unspecified atom stereocenters. The van der Waals surface area contributed by atoms with E-state index in [0.717, 1.165) is 32.2 Å².